The van der Waals surface area contributed by atoms with Gasteiger partial charge in [0.2, 0.25) is 5.91 Å². The maximum absolute atomic E-state index is 12.5. The van der Waals surface area contributed by atoms with Crippen molar-refractivity contribution in [1.29, 1.82) is 0 Å². The Kier molecular flexibility index (Phi) is 6.03. The molecule has 0 aliphatic heterocycles. The number of carbonyl (C=O) groups is 2. The molecule has 2 N–H and O–H groups in total. The van der Waals surface area contributed by atoms with Crippen molar-refractivity contribution < 1.29 is 9.59 Å². The Morgan fingerprint density at radius 1 is 1.25 bits per heavy atom. The Balaban J connectivity index is 2.97. The minimum atomic E-state index is -0.172. The lowest BCUT2D eigenvalue weighted by atomic mass is 10.1. The lowest BCUT2D eigenvalue weighted by Gasteiger charge is -2.22. The van der Waals surface area contributed by atoms with Gasteiger partial charge in [-0.05, 0) is 32.9 Å². The lowest BCUT2D eigenvalue weighted by molar-refractivity contribution is -0.121. The summed E-state index contributed by atoms with van der Waals surface area (Å²) in [6.45, 7) is 6.45. The number of carbonyl (C=O) groups excluding carboxylic acids is 2. The molecular weight excluding hydrogens is 254 g/mol. The molecule has 0 aliphatic carbocycles. The van der Waals surface area contributed by atoms with Crippen molar-refractivity contribution in [2.75, 3.05) is 25.5 Å². The molecule has 0 aromatic heterocycles. The van der Waals surface area contributed by atoms with Crippen LogP contribution in [0.4, 0.5) is 5.69 Å². The van der Waals surface area contributed by atoms with Crippen LogP contribution in [-0.4, -0.2) is 42.9 Å². The molecule has 0 spiro atoms. The van der Waals surface area contributed by atoms with E-state index in [0.29, 0.717) is 12.1 Å². The number of anilines is 1. The zero-order chi connectivity index (χ0) is 15.1. The molecule has 20 heavy (non-hydrogen) atoms. The summed E-state index contributed by atoms with van der Waals surface area (Å²) in [4.78, 5) is 25.5. The van der Waals surface area contributed by atoms with Crippen molar-refractivity contribution in [2.45, 2.75) is 26.8 Å². The number of para-hydroxylation sites is 1. The van der Waals surface area contributed by atoms with E-state index in [9.17, 15) is 9.59 Å². The summed E-state index contributed by atoms with van der Waals surface area (Å²) < 4.78 is 0. The van der Waals surface area contributed by atoms with Gasteiger partial charge in [0.1, 0.15) is 0 Å². The molecule has 1 rings (SSSR count). The molecular formula is C15H23N3O2. The smallest absolute Gasteiger partial charge is 0.256 e. The maximum Gasteiger partial charge on any atom is 0.256 e. The Morgan fingerprint density at radius 3 is 2.45 bits per heavy atom. The zero-order valence-electron chi connectivity index (χ0n) is 12.6. The van der Waals surface area contributed by atoms with Gasteiger partial charge in [-0.3, -0.25) is 9.59 Å². The van der Waals surface area contributed by atoms with Crippen LogP contribution in [-0.2, 0) is 4.79 Å². The van der Waals surface area contributed by atoms with Gasteiger partial charge in [0.25, 0.3) is 5.91 Å². The molecule has 5 nitrogen and oxygen atoms in total. The van der Waals surface area contributed by atoms with E-state index in [2.05, 4.69) is 10.6 Å². The topological polar surface area (TPSA) is 61.4 Å². The Morgan fingerprint density at radius 2 is 1.90 bits per heavy atom. The Labute approximate surface area is 120 Å². The number of amides is 2. The summed E-state index contributed by atoms with van der Waals surface area (Å²) in [7, 11) is 1.56. The fourth-order valence-corrected chi connectivity index (χ4v) is 1.86. The van der Waals surface area contributed by atoms with Gasteiger partial charge in [0, 0.05) is 25.3 Å². The van der Waals surface area contributed by atoms with Crippen LogP contribution in [0, 0.1) is 0 Å². The summed E-state index contributed by atoms with van der Waals surface area (Å²) in [5.74, 6) is -0.311. The quantitative estimate of drug-likeness (QED) is 0.832. The summed E-state index contributed by atoms with van der Waals surface area (Å²) in [6, 6.07) is 7.60. The number of benzene rings is 1. The highest BCUT2D eigenvalue weighted by Gasteiger charge is 2.19. The third-order valence-electron chi connectivity index (χ3n) is 2.88. The summed E-state index contributed by atoms with van der Waals surface area (Å²) in [6.07, 6.45) is 0. The Bertz CT molecular complexity index is 472. The molecule has 0 radical (unpaired) electrons. The number of nitrogens with one attached hydrogen (secondary N) is 2. The first-order chi connectivity index (χ1) is 9.49. The highest BCUT2D eigenvalue weighted by Crippen LogP contribution is 2.18. The lowest BCUT2D eigenvalue weighted by Crippen LogP contribution is -2.39. The first-order valence-electron chi connectivity index (χ1n) is 6.85. The van der Waals surface area contributed by atoms with Crippen LogP contribution in [0.15, 0.2) is 24.3 Å². The van der Waals surface area contributed by atoms with Crippen molar-refractivity contribution in [3.8, 4) is 0 Å². The molecule has 1 aromatic carbocycles. The minimum Gasteiger partial charge on any atom is -0.382 e. The second-order valence-corrected chi connectivity index (χ2v) is 4.84. The van der Waals surface area contributed by atoms with Crippen LogP contribution in [0.5, 0.6) is 0 Å². The van der Waals surface area contributed by atoms with E-state index in [1.54, 1.807) is 13.1 Å². The van der Waals surface area contributed by atoms with Crippen molar-refractivity contribution in [1.82, 2.24) is 10.2 Å². The first-order valence-corrected chi connectivity index (χ1v) is 6.85. The third-order valence-corrected chi connectivity index (χ3v) is 2.88. The molecule has 0 unspecified atom stereocenters. The van der Waals surface area contributed by atoms with Crippen LogP contribution in [0.2, 0.25) is 0 Å². The van der Waals surface area contributed by atoms with E-state index in [1.807, 2.05) is 39.0 Å². The monoisotopic (exact) mass is 277 g/mol. The van der Waals surface area contributed by atoms with Crippen molar-refractivity contribution >= 4 is 17.5 Å². The highest BCUT2D eigenvalue weighted by molar-refractivity contribution is 6.01. The molecule has 0 heterocycles. The van der Waals surface area contributed by atoms with Gasteiger partial charge in [0.05, 0.1) is 12.1 Å². The highest BCUT2D eigenvalue weighted by atomic mass is 16.2. The number of nitrogens with zero attached hydrogens (tertiary/aromatic N) is 1. The number of hydrogen-bond acceptors (Lipinski definition) is 3. The first kappa shape index (κ1) is 16.0. The second-order valence-electron chi connectivity index (χ2n) is 4.84. The van der Waals surface area contributed by atoms with E-state index >= 15 is 0 Å². The normalized spacial score (nSPS) is 10.2. The molecule has 5 heteroatoms. The minimum absolute atomic E-state index is 0.0713. The fraction of sp³-hybridized carbons (Fsp3) is 0.467. The predicted molar refractivity (Wildman–Crippen MR) is 80.8 cm³/mol. The van der Waals surface area contributed by atoms with Crippen molar-refractivity contribution in [3.05, 3.63) is 29.8 Å². The van der Waals surface area contributed by atoms with E-state index in [4.69, 9.17) is 0 Å². The zero-order valence-corrected chi connectivity index (χ0v) is 12.6. The van der Waals surface area contributed by atoms with Crippen molar-refractivity contribution in [2.24, 2.45) is 0 Å². The van der Waals surface area contributed by atoms with Crippen LogP contribution < -0.4 is 10.6 Å². The SMILES string of the molecule is CCN(CC(=O)NC)C(=O)c1ccccc1NC(C)C. The Hall–Kier alpha value is -2.04. The van der Waals surface area contributed by atoms with Gasteiger partial charge in [-0.2, -0.15) is 0 Å². The maximum atomic E-state index is 12.5. The second kappa shape index (κ2) is 7.53. The van der Waals surface area contributed by atoms with E-state index in [1.165, 1.54) is 4.90 Å². The van der Waals surface area contributed by atoms with Gasteiger partial charge < -0.3 is 15.5 Å². The van der Waals surface area contributed by atoms with Gasteiger partial charge in [0.15, 0.2) is 0 Å². The third kappa shape index (κ3) is 4.26. The van der Waals surface area contributed by atoms with Crippen LogP contribution in [0.3, 0.4) is 0 Å². The van der Waals surface area contributed by atoms with Crippen molar-refractivity contribution in [3.63, 3.8) is 0 Å². The standard InChI is InChI=1S/C15H23N3O2/c1-5-18(10-14(19)16-4)15(20)12-8-6-7-9-13(12)17-11(2)3/h6-9,11,17H,5,10H2,1-4H3,(H,16,19). The van der Waals surface area contributed by atoms with Gasteiger partial charge in [-0.25, -0.2) is 0 Å². The predicted octanol–water partition coefficient (Wildman–Crippen LogP) is 1.71. The molecule has 0 saturated carbocycles. The van der Waals surface area contributed by atoms with Gasteiger partial charge in [-0.1, -0.05) is 12.1 Å². The van der Waals surface area contributed by atoms with E-state index < -0.39 is 0 Å². The molecule has 0 atom stereocenters. The number of hydrogen-bond donors (Lipinski definition) is 2. The van der Waals surface area contributed by atoms with Crippen LogP contribution in [0.1, 0.15) is 31.1 Å². The molecule has 0 bridgehead atoms. The van der Waals surface area contributed by atoms with E-state index in [-0.39, 0.29) is 24.4 Å². The average molecular weight is 277 g/mol. The van der Waals surface area contributed by atoms with Crippen LogP contribution in [0.25, 0.3) is 0 Å². The molecule has 0 saturated heterocycles. The molecule has 0 fully saturated rings. The average Bonchev–Trinajstić information content (AvgIpc) is 2.43. The summed E-state index contributed by atoms with van der Waals surface area (Å²) in [5, 5.41) is 5.79. The van der Waals surface area contributed by atoms with Crippen LogP contribution >= 0.6 is 0 Å². The summed E-state index contributed by atoms with van der Waals surface area (Å²) in [5.41, 5.74) is 1.38. The largest absolute Gasteiger partial charge is 0.382 e. The number of rotatable bonds is 6. The van der Waals surface area contributed by atoms with Gasteiger partial charge >= 0.3 is 0 Å². The van der Waals surface area contributed by atoms with E-state index in [0.717, 1.165) is 5.69 Å². The molecule has 2 amide bonds. The summed E-state index contributed by atoms with van der Waals surface area (Å²) >= 11 is 0. The molecule has 110 valence electrons. The number of likely N-dealkylation sites (N-methyl/N-ethyl adjacent to an activating group) is 2. The fourth-order valence-electron chi connectivity index (χ4n) is 1.86. The molecule has 0 aliphatic rings. The van der Waals surface area contributed by atoms with Gasteiger partial charge in [-0.15, -0.1) is 0 Å². The molecule has 1 aromatic rings.